The van der Waals surface area contributed by atoms with Gasteiger partial charge in [-0.3, -0.25) is 24.0 Å². The monoisotopic (exact) mass is 699 g/mol. The Bertz CT molecular complexity index is 1220. The molecule has 2 saturated carbocycles. The van der Waals surface area contributed by atoms with Crippen LogP contribution < -0.4 is 21.3 Å². The first-order valence-corrected chi connectivity index (χ1v) is 17.2. The summed E-state index contributed by atoms with van der Waals surface area (Å²) in [4.78, 5) is 80.5. The maximum atomic E-state index is 14.2. The molecule has 1 saturated heterocycles. The lowest BCUT2D eigenvalue weighted by Crippen LogP contribution is -2.60. The van der Waals surface area contributed by atoms with Gasteiger partial charge in [-0.2, -0.15) is 0 Å². The Hall–Kier alpha value is -2.86. The number of alkyl halides is 2. The van der Waals surface area contributed by atoms with Crippen molar-refractivity contribution < 1.29 is 33.5 Å². The van der Waals surface area contributed by atoms with Crippen LogP contribution in [0.25, 0.3) is 0 Å². The number of Topliss-reactive ketones (excluding diaryl/α,β-unsaturated/α-hetero) is 1. The van der Waals surface area contributed by atoms with Crippen molar-refractivity contribution in [2.24, 2.45) is 17.8 Å². The minimum atomic E-state index is -1.25. The van der Waals surface area contributed by atoms with Crippen molar-refractivity contribution in [3.05, 3.63) is 12.7 Å². The number of piperidine rings is 1. The van der Waals surface area contributed by atoms with Crippen LogP contribution in [0.2, 0.25) is 0 Å². The van der Waals surface area contributed by atoms with E-state index in [-0.39, 0.29) is 43.7 Å². The number of rotatable bonds is 13. The fourth-order valence-corrected chi connectivity index (χ4v) is 7.25. The molecule has 0 spiro atoms. The lowest BCUT2D eigenvalue weighted by atomic mass is 9.83. The minimum Gasteiger partial charge on any atom is -0.444 e. The summed E-state index contributed by atoms with van der Waals surface area (Å²) in [5.74, 6) is -4.39. The standard InChI is InChI=1S/C33H51Cl2N5O7/c1-8-9-15-21(26(42)28(44)36-17-16-22(41)39-31(2,3)4)37-27(43)25-23-20(33(23,34)35)18-40(25)29(45)24(19-13-11-10-12-14-19)38-30(46)47-32(5,6)7/h8,19-21,23-25H,1,9-18H2,2-7H3,(H,36,44)(H,37,43)(H,38,46)(H,39,41)/t20-,21?,23-,24+,25+/m1/s1. The summed E-state index contributed by atoms with van der Waals surface area (Å²) in [5, 5.41) is 10.7. The topological polar surface area (TPSA) is 163 Å². The van der Waals surface area contributed by atoms with Crippen molar-refractivity contribution >= 4 is 58.7 Å². The molecule has 0 radical (unpaired) electrons. The zero-order valence-electron chi connectivity index (χ0n) is 28.4. The Labute approximate surface area is 287 Å². The van der Waals surface area contributed by atoms with E-state index in [0.29, 0.717) is 6.42 Å². The van der Waals surface area contributed by atoms with Crippen molar-refractivity contribution in [3.63, 3.8) is 0 Å². The Morgan fingerprint density at radius 3 is 2.21 bits per heavy atom. The summed E-state index contributed by atoms with van der Waals surface area (Å²) in [7, 11) is 0. The molecule has 0 aromatic carbocycles. The third-order valence-corrected chi connectivity index (χ3v) is 9.68. The van der Waals surface area contributed by atoms with E-state index in [1.807, 2.05) is 20.8 Å². The highest BCUT2D eigenvalue weighted by atomic mass is 35.5. The van der Waals surface area contributed by atoms with Gasteiger partial charge in [-0.25, -0.2) is 4.79 Å². The first kappa shape index (κ1) is 38.6. The molecule has 3 fully saturated rings. The zero-order valence-corrected chi connectivity index (χ0v) is 29.9. The van der Waals surface area contributed by atoms with Crippen LogP contribution >= 0.6 is 23.2 Å². The molecular weight excluding hydrogens is 649 g/mol. The van der Waals surface area contributed by atoms with Crippen LogP contribution in [-0.4, -0.2) is 87.1 Å². The third kappa shape index (κ3) is 10.6. The maximum absolute atomic E-state index is 14.2. The molecule has 3 rings (SSSR count). The Balaban J connectivity index is 1.77. The van der Waals surface area contributed by atoms with Gasteiger partial charge in [-0.05, 0) is 73.1 Å². The van der Waals surface area contributed by atoms with Crippen LogP contribution in [0.15, 0.2) is 12.7 Å². The van der Waals surface area contributed by atoms with Crippen LogP contribution in [0.4, 0.5) is 4.79 Å². The van der Waals surface area contributed by atoms with Crippen molar-refractivity contribution in [1.82, 2.24) is 26.2 Å². The van der Waals surface area contributed by atoms with Gasteiger partial charge in [0.1, 0.15) is 22.0 Å². The molecular formula is C33H51Cl2N5O7. The molecule has 1 aliphatic heterocycles. The smallest absolute Gasteiger partial charge is 0.408 e. The van der Waals surface area contributed by atoms with Crippen LogP contribution in [0.1, 0.15) is 92.9 Å². The Morgan fingerprint density at radius 1 is 1.00 bits per heavy atom. The molecule has 5 amide bonds. The SMILES string of the molecule is C=CCCC(NC(=O)[C@@H]1[C@H]2[C@@H](CN1C(=O)[C@@H](NC(=O)OC(C)(C)C)C1CCCCC1)C2(Cl)Cl)C(=O)C(=O)NCCC(=O)NC(C)(C)C. The van der Waals surface area contributed by atoms with Crippen molar-refractivity contribution in [2.45, 2.75) is 127 Å². The molecule has 5 atom stereocenters. The van der Waals surface area contributed by atoms with Crippen LogP contribution in [-0.2, 0) is 28.7 Å². The van der Waals surface area contributed by atoms with E-state index in [4.69, 9.17) is 27.9 Å². The number of alkyl carbamates (subject to hydrolysis) is 1. The zero-order chi connectivity index (χ0) is 35.3. The van der Waals surface area contributed by atoms with Crippen LogP contribution in [0.3, 0.4) is 0 Å². The average molecular weight is 701 g/mol. The van der Waals surface area contributed by atoms with Gasteiger partial charge in [0.05, 0.1) is 6.04 Å². The Kier molecular flexibility index (Phi) is 12.8. The van der Waals surface area contributed by atoms with Gasteiger partial charge in [-0.15, -0.1) is 29.8 Å². The molecule has 2 aliphatic carbocycles. The summed E-state index contributed by atoms with van der Waals surface area (Å²) in [6.45, 7) is 14.4. The second-order valence-corrected chi connectivity index (χ2v) is 16.3. The molecule has 1 heterocycles. The van der Waals surface area contributed by atoms with Gasteiger partial charge in [-0.1, -0.05) is 25.3 Å². The number of halogens is 2. The fraction of sp³-hybridized carbons (Fsp3) is 0.758. The van der Waals surface area contributed by atoms with E-state index in [9.17, 15) is 28.8 Å². The highest BCUT2D eigenvalue weighted by molar-refractivity contribution is 6.51. The molecule has 0 aromatic rings. The van der Waals surface area contributed by atoms with Gasteiger partial charge in [0.2, 0.25) is 23.5 Å². The molecule has 12 nitrogen and oxygen atoms in total. The fourth-order valence-electron chi connectivity index (χ4n) is 6.42. The van der Waals surface area contributed by atoms with Crippen LogP contribution in [0.5, 0.6) is 0 Å². The summed E-state index contributed by atoms with van der Waals surface area (Å²) >= 11 is 13.1. The number of hydrogen-bond acceptors (Lipinski definition) is 7. The average Bonchev–Trinajstić information content (AvgIpc) is 3.26. The number of likely N-dealkylation sites (tertiary alicyclic amines) is 1. The number of fused-ring (bicyclic) bond motifs is 1. The largest absolute Gasteiger partial charge is 0.444 e. The van der Waals surface area contributed by atoms with Crippen molar-refractivity contribution in [2.75, 3.05) is 13.1 Å². The first-order chi connectivity index (χ1) is 21.8. The molecule has 0 bridgehead atoms. The number of ether oxygens (including phenoxy) is 1. The van der Waals surface area contributed by atoms with Gasteiger partial charge < -0.3 is 30.9 Å². The second kappa shape index (κ2) is 15.6. The molecule has 14 heteroatoms. The predicted octanol–water partition coefficient (Wildman–Crippen LogP) is 3.53. The van der Waals surface area contributed by atoms with Gasteiger partial charge >= 0.3 is 6.09 Å². The number of amides is 5. The molecule has 3 aliphatic rings. The quantitative estimate of drug-likeness (QED) is 0.130. The number of allylic oxidation sites excluding steroid dienone is 1. The normalized spacial score (nSPS) is 23.4. The van der Waals surface area contributed by atoms with Gasteiger partial charge in [0.15, 0.2) is 0 Å². The first-order valence-electron chi connectivity index (χ1n) is 16.5. The van der Waals surface area contributed by atoms with E-state index in [1.165, 1.54) is 4.90 Å². The number of carbonyl (C=O) groups excluding carboxylic acids is 6. The highest BCUT2D eigenvalue weighted by Gasteiger charge is 2.74. The van der Waals surface area contributed by atoms with E-state index in [0.717, 1.165) is 32.1 Å². The summed E-state index contributed by atoms with van der Waals surface area (Å²) in [6.07, 6.45) is 5.49. The van der Waals surface area contributed by atoms with Gasteiger partial charge in [0, 0.05) is 36.9 Å². The third-order valence-electron chi connectivity index (χ3n) is 8.61. The van der Waals surface area contributed by atoms with E-state index >= 15 is 0 Å². The maximum Gasteiger partial charge on any atom is 0.408 e. The summed E-state index contributed by atoms with van der Waals surface area (Å²) in [6, 6.07) is -3.29. The van der Waals surface area contributed by atoms with Gasteiger partial charge in [0.25, 0.3) is 5.91 Å². The number of carbonyl (C=O) groups is 6. The van der Waals surface area contributed by atoms with Crippen molar-refractivity contribution in [1.29, 1.82) is 0 Å². The van der Waals surface area contributed by atoms with E-state index in [1.54, 1.807) is 26.8 Å². The molecule has 0 aromatic heterocycles. The Morgan fingerprint density at radius 2 is 1.64 bits per heavy atom. The molecule has 4 N–H and O–H groups in total. The van der Waals surface area contributed by atoms with E-state index < -0.39 is 69.1 Å². The van der Waals surface area contributed by atoms with E-state index in [2.05, 4.69) is 27.8 Å². The number of hydrogen-bond donors (Lipinski definition) is 4. The minimum absolute atomic E-state index is 0.0325. The van der Waals surface area contributed by atoms with Crippen molar-refractivity contribution in [3.8, 4) is 0 Å². The van der Waals surface area contributed by atoms with Crippen LogP contribution in [0, 0.1) is 17.8 Å². The molecule has 264 valence electrons. The number of ketones is 1. The lowest BCUT2D eigenvalue weighted by molar-refractivity contribution is -0.144. The molecule has 1 unspecified atom stereocenters. The lowest BCUT2D eigenvalue weighted by Gasteiger charge is -2.36. The summed E-state index contributed by atoms with van der Waals surface area (Å²) < 4.78 is 4.22. The highest BCUT2D eigenvalue weighted by Crippen LogP contribution is 2.65. The number of nitrogens with one attached hydrogen (secondary N) is 4. The molecule has 47 heavy (non-hydrogen) atoms. The summed E-state index contributed by atoms with van der Waals surface area (Å²) in [5.41, 5.74) is -1.23. The number of nitrogens with zero attached hydrogens (tertiary/aromatic N) is 1. The predicted molar refractivity (Wildman–Crippen MR) is 179 cm³/mol. The second-order valence-electron chi connectivity index (χ2n) is 14.9.